The average Bonchev–Trinajstić information content (AvgIpc) is 3.51. The maximum Gasteiger partial charge on any atom is 0.293 e. The summed E-state index contributed by atoms with van der Waals surface area (Å²) in [6, 6.07) is 20.0. The highest BCUT2D eigenvalue weighted by atomic mass is 35.5. The van der Waals surface area contributed by atoms with Crippen LogP contribution in [-0.4, -0.2) is 27.4 Å². The van der Waals surface area contributed by atoms with Crippen LogP contribution in [0, 0.1) is 13.8 Å². The first-order valence-corrected chi connectivity index (χ1v) is 12.6. The van der Waals surface area contributed by atoms with Crippen molar-refractivity contribution >= 4 is 51.4 Å². The quantitative estimate of drug-likeness (QED) is 0.277. The Hall–Kier alpha value is -3.68. The van der Waals surface area contributed by atoms with Crippen LogP contribution in [0.25, 0.3) is 22.5 Å². The molecule has 0 aliphatic carbocycles. The third kappa shape index (κ3) is 3.85. The summed E-state index contributed by atoms with van der Waals surface area (Å²) in [5.74, 6) is 0.770. The van der Waals surface area contributed by atoms with Crippen molar-refractivity contribution in [3.8, 4) is 17.2 Å². The molecule has 8 heteroatoms. The zero-order chi connectivity index (χ0) is 25.0. The third-order valence-electron chi connectivity index (χ3n) is 6.49. The molecule has 180 valence electrons. The van der Waals surface area contributed by atoms with Gasteiger partial charge in [0, 0.05) is 28.2 Å². The average molecular weight is 517 g/mol. The number of carbonyl (C=O) groups is 2. The highest BCUT2D eigenvalue weighted by Gasteiger charge is 2.36. The number of aromatic nitrogens is 1. The molecule has 2 aliphatic rings. The van der Waals surface area contributed by atoms with Gasteiger partial charge in [-0.2, -0.15) is 0 Å². The van der Waals surface area contributed by atoms with Gasteiger partial charge in [0.1, 0.15) is 0 Å². The number of benzene rings is 3. The minimum Gasteiger partial charge on any atom is -0.454 e. The molecule has 4 aromatic rings. The van der Waals surface area contributed by atoms with Crippen LogP contribution in [0.3, 0.4) is 0 Å². The molecule has 0 atom stereocenters. The number of ether oxygens (including phenoxy) is 2. The first kappa shape index (κ1) is 22.8. The predicted molar refractivity (Wildman–Crippen MR) is 142 cm³/mol. The van der Waals surface area contributed by atoms with Crippen LogP contribution in [0.15, 0.2) is 65.6 Å². The van der Waals surface area contributed by atoms with Crippen molar-refractivity contribution in [1.29, 1.82) is 0 Å². The molecule has 1 aromatic heterocycles. The topological polar surface area (TPSA) is 60.8 Å². The van der Waals surface area contributed by atoms with E-state index in [2.05, 4.69) is 34.9 Å². The second-order valence-corrected chi connectivity index (χ2v) is 10.2. The maximum absolute atomic E-state index is 13.2. The molecule has 0 spiro atoms. The molecule has 6 rings (SSSR count). The summed E-state index contributed by atoms with van der Waals surface area (Å²) in [4.78, 5) is 27.6. The Morgan fingerprint density at radius 2 is 1.72 bits per heavy atom. The van der Waals surface area contributed by atoms with E-state index in [-0.39, 0.29) is 24.5 Å². The molecule has 3 heterocycles. The van der Waals surface area contributed by atoms with E-state index in [0.717, 1.165) is 39.8 Å². The smallest absolute Gasteiger partial charge is 0.293 e. The Labute approximate surface area is 217 Å². The Bertz CT molecular complexity index is 1610. The lowest BCUT2D eigenvalue weighted by molar-refractivity contribution is -0.123. The second-order valence-electron chi connectivity index (χ2n) is 8.76. The number of imide groups is 1. The Kier molecular flexibility index (Phi) is 5.54. The fourth-order valence-electron chi connectivity index (χ4n) is 4.68. The maximum atomic E-state index is 13.2. The van der Waals surface area contributed by atoms with Gasteiger partial charge in [0.25, 0.3) is 11.1 Å². The number of halogens is 1. The van der Waals surface area contributed by atoms with E-state index in [1.54, 1.807) is 18.2 Å². The van der Waals surface area contributed by atoms with Gasteiger partial charge in [-0.3, -0.25) is 14.5 Å². The Morgan fingerprint density at radius 1 is 0.972 bits per heavy atom. The summed E-state index contributed by atoms with van der Waals surface area (Å²) < 4.78 is 12.9. The van der Waals surface area contributed by atoms with Gasteiger partial charge < -0.3 is 14.0 Å². The summed E-state index contributed by atoms with van der Waals surface area (Å²) in [6.07, 6.45) is 1.80. The van der Waals surface area contributed by atoms with Gasteiger partial charge in [0.15, 0.2) is 11.5 Å². The lowest BCUT2D eigenvalue weighted by Crippen LogP contribution is -2.27. The first-order chi connectivity index (χ1) is 17.4. The van der Waals surface area contributed by atoms with Crippen molar-refractivity contribution in [3.63, 3.8) is 0 Å². The van der Waals surface area contributed by atoms with Gasteiger partial charge in [-0.05, 0) is 77.9 Å². The fraction of sp³-hybridized carbons (Fsp3) is 0.143. The summed E-state index contributed by atoms with van der Waals surface area (Å²) in [5, 5.41) is 2.43. The Balaban J connectivity index is 1.29. The summed E-state index contributed by atoms with van der Waals surface area (Å²) in [6.45, 7) is 4.24. The molecule has 0 N–H and O–H groups in total. The molecule has 36 heavy (non-hydrogen) atoms. The zero-order valence-corrected chi connectivity index (χ0v) is 21.2. The first-order valence-electron chi connectivity index (χ1n) is 11.4. The normalized spacial score (nSPS) is 16.1. The largest absolute Gasteiger partial charge is 0.454 e. The van der Waals surface area contributed by atoms with Crippen molar-refractivity contribution in [2.24, 2.45) is 0 Å². The third-order valence-corrected chi connectivity index (χ3v) is 7.75. The summed E-state index contributed by atoms with van der Waals surface area (Å²) in [7, 11) is 0. The lowest BCUT2D eigenvalue weighted by atomic mass is 10.1. The molecular formula is C28H21ClN2O4S. The number of fused-ring (bicyclic) bond motifs is 2. The minimum absolute atomic E-state index is 0.0631. The van der Waals surface area contributed by atoms with Crippen LogP contribution < -0.4 is 9.47 Å². The van der Waals surface area contributed by atoms with Gasteiger partial charge in [-0.25, -0.2) is 0 Å². The SMILES string of the molecule is Cc1cc(/C=C2\SC(=O)N(Cc3cc4c(cc3Cl)OCO4)C2=O)c(C)n1-c1ccc2ccccc2c1. The molecule has 2 amide bonds. The van der Waals surface area contributed by atoms with Crippen LogP contribution >= 0.6 is 23.4 Å². The molecule has 1 saturated heterocycles. The van der Waals surface area contributed by atoms with Crippen LogP contribution in [0.2, 0.25) is 5.02 Å². The van der Waals surface area contributed by atoms with E-state index in [1.807, 2.05) is 32.0 Å². The van der Waals surface area contributed by atoms with Gasteiger partial charge in [-0.15, -0.1) is 0 Å². The number of carbonyl (C=O) groups excluding carboxylic acids is 2. The second kappa shape index (κ2) is 8.76. The van der Waals surface area contributed by atoms with Gasteiger partial charge in [0.2, 0.25) is 6.79 Å². The molecule has 3 aromatic carbocycles. The monoisotopic (exact) mass is 516 g/mol. The van der Waals surface area contributed by atoms with Crippen molar-refractivity contribution in [3.05, 3.63) is 93.1 Å². The number of rotatable bonds is 4. The lowest BCUT2D eigenvalue weighted by Gasteiger charge is -2.14. The van der Waals surface area contributed by atoms with Gasteiger partial charge >= 0.3 is 0 Å². The highest BCUT2D eigenvalue weighted by molar-refractivity contribution is 8.18. The van der Waals surface area contributed by atoms with Crippen molar-refractivity contribution in [1.82, 2.24) is 9.47 Å². The molecule has 6 nitrogen and oxygen atoms in total. The Morgan fingerprint density at radius 3 is 2.53 bits per heavy atom. The number of aryl methyl sites for hydroxylation is 1. The van der Waals surface area contributed by atoms with E-state index in [1.165, 1.54) is 10.3 Å². The summed E-state index contributed by atoms with van der Waals surface area (Å²) in [5.41, 5.74) is 4.61. The van der Waals surface area contributed by atoms with Crippen molar-refractivity contribution in [2.75, 3.05) is 6.79 Å². The molecule has 0 unspecified atom stereocenters. The van der Waals surface area contributed by atoms with Crippen LogP contribution in [0.4, 0.5) is 4.79 Å². The molecule has 0 radical (unpaired) electrons. The number of hydrogen-bond acceptors (Lipinski definition) is 5. The standard InChI is InChI=1S/C28H21ClN2O4S/c1-16-9-20(17(2)31(16)22-8-7-18-5-3-4-6-19(18)10-22)12-26-27(32)30(28(33)36-26)14-21-11-24-25(13-23(21)29)35-15-34-24/h3-13H,14-15H2,1-2H3/b26-12-. The van der Waals surface area contributed by atoms with Gasteiger partial charge in [-0.1, -0.05) is 41.9 Å². The fourth-order valence-corrected chi connectivity index (χ4v) is 5.72. The van der Waals surface area contributed by atoms with Crippen molar-refractivity contribution in [2.45, 2.75) is 20.4 Å². The summed E-state index contributed by atoms with van der Waals surface area (Å²) >= 11 is 7.31. The van der Waals surface area contributed by atoms with Crippen LogP contribution in [0.1, 0.15) is 22.5 Å². The van der Waals surface area contributed by atoms with Crippen molar-refractivity contribution < 1.29 is 19.1 Å². The van der Waals surface area contributed by atoms with Crippen LogP contribution in [0.5, 0.6) is 11.5 Å². The number of nitrogens with zero attached hydrogens (tertiary/aromatic N) is 2. The number of thioether (sulfide) groups is 1. The molecule has 1 fully saturated rings. The van der Waals surface area contributed by atoms with E-state index in [9.17, 15) is 9.59 Å². The van der Waals surface area contributed by atoms with E-state index in [4.69, 9.17) is 21.1 Å². The zero-order valence-electron chi connectivity index (χ0n) is 19.6. The predicted octanol–water partition coefficient (Wildman–Crippen LogP) is 6.87. The molecule has 0 saturated carbocycles. The molecule has 0 bridgehead atoms. The molecular weight excluding hydrogens is 496 g/mol. The number of amides is 2. The highest BCUT2D eigenvalue weighted by Crippen LogP contribution is 2.40. The number of hydrogen-bond donors (Lipinski definition) is 0. The van der Waals surface area contributed by atoms with Crippen LogP contribution in [-0.2, 0) is 11.3 Å². The van der Waals surface area contributed by atoms with Gasteiger partial charge in [0.05, 0.1) is 11.4 Å². The molecule has 2 aliphatic heterocycles. The minimum atomic E-state index is -0.339. The van der Waals surface area contributed by atoms with E-state index in [0.29, 0.717) is 27.0 Å². The van der Waals surface area contributed by atoms with E-state index >= 15 is 0 Å². The van der Waals surface area contributed by atoms with E-state index < -0.39 is 0 Å².